The summed E-state index contributed by atoms with van der Waals surface area (Å²) in [5.74, 6) is 0. The Morgan fingerprint density at radius 1 is 1.26 bits per heavy atom. The summed E-state index contributed by atoms with van der Waals surface area (Å²) in [6.07, 6.45) is 5.06. The Labute approximate surface area is 145 Å². The lowest BCUT2D eigenvalue weighted by Gasteiger charge is -2.53. The topological polar surface area (TPSA) is 82.6 Å². The first kappa shape index (κ1) is 17.8. The molecule has 0 aliphatic carbocycles. The normalized spacial score (nSPS) is 27.1. The van der Waals surface area contributed by atoms with Crippen LogP contribution in [0.25, 0.3) is 0 Å². The predicted molar refractivity (Wildman–Crippen MR) is 91.4 cm³/mol. The van der Waals surface area contributed by atoms with Crippen molar-refractivity contribution in [2.75, 3.05) is 0 Å². The van der Waals surface area contributed by atoms with Crippen LogP contribution in [-0.2, 0) is 4.74 Å². The fourth-order valence-corrected chi connectivity index (χ4v) is 4.96. The molecule has 0 bridgehead atoms. The fraction of sp³-hybridized carbons (Fsp3) is 0.500. The van der Waals surface area contributed by atoms with Gasteiger partial charge in [0.25, 0.3) is 0 Å². The van der Waals surface area contributed by atoms with Crippen molar-refractivity contribution in [1.29, 1.82) is 10.5 Å². The molecule has 1 aromatic heterocycles. The van der Waals surface area contributed by atoms with E-state index in [1.54, 1.807) is 30.2 Å². The maximum atomic E-state index is 9.37. The van der Waals surface area contributed by atoms with E-state index in [1.807, 2.05) is 27.7 Å². The molecule has 2 rings (SSSR count). The molecule has 1 unspecified atom stereocenters. The van der Waals surface area contributed by atoms with Gasteiger partial charge in [-0.25, -0.2) is 9.97 Å². The minimum atomic E-state index is -0.815. The lowest BCUT2D eigenvalue weighted by atomic mass is 9.99. The van der Waals surface area contributed by atoms with E-state index < -0.39 is 15.3 Å². The van der Waals surface area contributed by atoms with Gasteiger partial charge < -0.3 is 4.74 Å². The van der Waals surface area contributed by atoms with Crippen LogP contribution in [0, 0.1) is 22.7 Å². The number of hydrogen-bond acceptors (Lipinski definition) is 7. The third kappa shape index (κ3) is 3.53. The van der Waals surface area contributed by atoms with E-state index in [4.69, 9.17) is 10.00 Å². The van der Waals surface area contributed by atoms with Crippen molar-refractivity contribution in [3.8, 4) is 12.1 Å². The van der Waals surface area contributed by atoms with E-state index in [2.05, 4.69) is 22.1 Å². The summed E-state index contributed by atoms with van der Waals surface area (Å²) in [5, 5.41) is 19.0. The van der Waals surface area contributed by atoms with Gasteiger partial charge in [0.05, 0.1) is 28.9 Å². The van der Waals surface area contributed by atoms with Crippen molar-refractivity contribution in [2.24, 2.45) is 0 Å². The molecule has 1 aromatic rings. The lowest BCUT2D eigenvalue weighted by molar-refractivity contribution is -0.0831. The van der Waals surface area contributed by atoms with Crippen LogP contribution >= 0.6 is 23.5 Å². The highest BCUT2D eigenvalue weighted by Gasteiger charge is 2.57. The van der Waals surface area contributed by atoms with Gasteiger partial charge in [-0.1, -0.05) is 0 Å². The van der Waals surface area contributed by atoms with Gasteiger partial charge in [-0.05, 0) is 45.5 Å². The van der Waals surface area contributed by atoms with E-state index in [0.29, 0.717) is 5.16 Å². The summed E-state index contributed by atoms with van der Waals surface area (Å²) in [7, 11) is 0. The highest BCUT2D eigenvalue weighted by Crippen LogP contribution is 2.59. The molecule has 5 nitrogen and oxygen atoms in total. The molecule has 23 heavy (non-hydrogen) atoms. The Morgan fingerprint density at radius 2 is 1.91 bits per heavy atom. The van der Waals surface area contributed by atoms with E-state index in [9.17, 15) is 5.26 Å². The van der Waals surface area contributed by atoms with Crippen LogP contribution in [0.15, 0.2) is 34.6 Å². The van der Waals surface area contributed by atoms with Gasteiger partial charge >= 0.3 is 0 Å². The fourth-order valence-electron chi connectivity index (χ4n) is 2.34. The maximum absolute atomic E-state index is 9.37. The molecule has 1 atom stereocenters. The number of allylic oxidation sites excluding steroid dienone is 1. The molecular weight excluding hydrogens is 328 g/mol. The molecule has 0 radical (unpaired) electrons. The van der Waals surface area contributed by atoms with Gasteiger partial charge in [0, 0.05) is 23.4 Å². The molecule has 1 aliphatic heterocycles. The first-order chi connectivity index (χ1) is 10.8. The Kier molecular flexibility index (Phi) is 5.05. The molecular formula is C16H18N4OS2. The van der Waals surface area contributed by atoms with E-state index in [-0.39, 0.29) is 6.42 Å². The van der Waals surface area contributed by atoms with Crippen molar-refractivity contribution in [3.05, 3.63) is 29.4 Å². The molecule has 0 spiro atoms. The number of nitriles is 2. The Morgan fingerprint density at radius 3 is 2.48 bits per heavy atom. The summed E-state index contributed by atoms with van der Waals surface area (Å²) in [5.41, 5.74) is -0.658. The minimum absolute atomic E-state index is 0.194. The maximum Gasteiger partial charge on any atom is 0.190 e. The molecule has 1 fully saturated rings. The Hall–Kier alpha value is -1.54. The summed E-state index contributed by atoms with van der Waals surface area (Å²) in [6, 6.07) is 6.07. The second-order valence-electron chi connectivity index (χ2n) is 6.08. The summed E-state index contributed by atoms with van der Waals surface area (Å²) in [6.45, 7) is 7.87. The van der Waals surface area contributed by atoms with Crippen LogP contribution in [0.5, 0.6) is 0 Å². The number of nitrogens with zero attached hydrogens (tertiary/aromatic N) is 4. The van der Waals surface area contributed by atoms with Gasteiger partial charge in [0.2, 0.25) is 0 Å². The number of thioether (sulfide) groups is 2. The van der Waals surface area contributed by atoms with Crippen molar-refractivity contribution in [1.82, 2.24) is 9.97 Å². The van der Waals surface area contributed by atoms with Crippen LogP contribution in [0.2, 0.25) is 0 Å². The first-order valence-electron chi connectivity index (χ1n) is 7.09. The molecule has 0 aromatic carbocycles. The standard InChI is InChI=1S/C16H18N4OS2/c1-14(2)12(6-8-17)22-15(3,4)16(21-14,7-9-18)23-13-19-10-5-11-20-13/h5-6,10-11H,7H2,1-4H3/b12-6-. The molecule has 2 heterocycles. The molecule has 1 saturated heterocycles. The number of ether oxygens (including phenoxy) is 1. The monoisotopic (exact) mass is 346 g/mol. The average Bonchev–Trinajstić information content (AvgIpc) is 2.46. The van der Waals surface area contributed by atoms with Crippen LogP contribution < -0.4 is 0 Å². The van der Waals surface area contributed by atoms with Crippen molar-refractivity contribution in [2.45, 2.75) is 54.6 Å². The van der Waals surface area contributed by atoms with Crippen LogP contribution in [-0.4, -0.2) is 25.2 Å². The van der Waals surface area contributed by atoms with Gasteiger partial charge in [-0.3, -0.25) is 0 Å². The molecule has 7 heteroatoms. The smallest absolute Gasteiger partial charge is 0.190 e. The van der Waals surface area contributed by atoms with Crippen LogP contribution in [0.4, 0.5) is 0 Å². The van der Waals surface area contributed by atoms with E-state index in [0.717, 1.165) is 4.91 Å². The molecule has 0 N–H and O–H groups in total. The summed E-state index contributed by atoms with van der Waals surface area (Å²) >= 11 is 2.94. The van der Waals surface area contributed by atoms with E-state index >= 15 is 0 Å². The number of aromatic nitrogens is 2. The van der Waals surface area contributed by atoms with Crippen molar-refractivity contribution < 1.29 is 4.74 Å². The Balaban J connectivity index is 2.48. The third-order valence-electron chi connectivity index (χ3n) is 3.60. The zero-order valence-electron chi connectivity index (χ0n) is 13.5. The molecule has 1 aliphatic rings. The zero-order chi connectivity index (χ0) is 17.1. The average molecular weight is 346 g/mol. The van der Waals surface area contributed by atoms with Crippen molar-refractivity contribution >= 4 is 23.5 Å². The highest BCUT2D eigenvalue weighted by molar-refractivity contribution is 8.07. The SMILES string of the molecule is CC1(C)OC(CC#N)(Sc2ncccn2)C(C)(C)S/C1=C\C#N. The van der Waals surface area contributed by atoms with Gasteiger partial charge in [0.15, 0.2) is 5.16 Å². The molecule has 0 amide bonds. The number of hydrogen-bond donors (Lipinski definition) is 0. The summed E-state index contributed by atoms with van der Waals surface area (Å²) < 4.78 is 5.97. The lowest BCUT2D eigenvalue weighted by Crippen LogP contribution is -2.56. The second kappa shape index (κ2) is 6.52. The highest BCUT2D eigenvalue weighted by atomic mass is 32.2. The van der Waals surface area contributed by atoms with Crippen LogP contribution in [0.1, 0.15) is 34.1 Å². The quantitative estimate of drug-likeness (QED) is 0.606. The molecule has 0 saturated carbocycles. The Bertz CT molecular complexity index is 688. The number of rotatable bonds is 3. The van der Waals surface area contributed by atoms with Crippen LogP contribution in [0.3, 0.4) is 0 Å². The van der Waals surface area contributed by atoms with Gasteiger partial charge in [-0.15, -0.1) is 11.8 Å². The largest absolute Gasteiger partial charge is 0.350 e. The second-order valence-corrected chi connectivity index (χ2v) is 8.98. The zero-order valence-corrected chi connectivity index (χ0v) is 15.2. The van der Waals surface area contributed by atoms with Gasteiger partial charge in [0.1, 0.15) is 4.93 Å². The van der Waals surface area contributed by atoms with E-state index in [1.165, 1.54) is 17.8 Å². The van der Waals surface area contributed by atoms with Gasteiger partial charge in [-0.2, -0.15) is 10.5 Å². The first-order valence-corrected chi connectivity index (χ1v) is 8.72. The minimum Gasteiger partial charge on any atom is -0.350 e. The molecule has 120 valence electrons. The third-order valence-corrected chi connectivity index (χ3v) is 6.86. The summed E-state index contributed by atoms with van der Waals surface area (Å²) in [4.78, 5) is 8.55. The predicted octanol–water partition coefficient (Wildman–Crippen LogP) is 3.91. The van der Waals surface area contributed by atoms with Crippen molar-refractivity contribution in [3.63, 3.8) is 0 Å².